The topological polar surface area (TPSA) is 21.3 Å². The number of hydrogen-bond donors (Lipinski definition) is 1. The first-order valence-corrected chi connectivity index (χ1v) is 7.45. The lowest BCUT2D eigenvalue weighted by Crippen LogP contribution is -2.11. The second-order valence-corrected chi connectivity index (χ2v) is 5.75. The number of fused-ring (bicyclic) bond motifs is 3. The Bertz CT molecular complexity index is 608. The lowest BCUT2D eigenvalue weighted by molar-refractivity contribution is 0.297. The fourth-order valence-corrected chi connectivity index (χ4v) is 3.57. The summed E-state index contributed by atoms with van der Waals surface area (Å²) >= 11 is 0. The first-order chi connectivity index (χ1) is 9.93. The zero-order chi connectivity index (χ0) is 13.4. The summed E-state index contributed by atoms with van der Waals surface area (Å²) in [4.78, 5) is 0. The van der Waals surface area contributed by atoms with Gasteiger partial charge in [0.2, 0.25) is 0 Å². The molecule has 2 atom stereocenters. The Labute approximate surface area is 119 Å². The summed E-state index contributed by atoms with van der Waals surface area (Å²) in [7, 11) is 0. The van der Waals surface area contributed by atoms with Crippen LogP contribution in [0.3, 0.4) is 0 Å². The van der Waals surface area contributed by atoms with Gasteiger partial charge in [0.25, 0.3) is 0 Å². The average molecular weight is 265 g/mol. The van der Waals surface area contributed by atoms with Gasteiger partial charge in [0.1, 0.15) is 5.75 Å². The average Bonchev–Trinajstić information content (AvgIpc) is 2.90. The molecule has 0 radical (unpaired) electrons. The molecule has 2 heteroatoms. The van der Waals surface area contributed by atoms with Gasteiger partial charge in [0.05, 0.1) is 6.61 Å². The molecule has 2 nitrogen and oxygen atoms in total. The van der Waals surface area contributed by atoms with E-state index in [2.05, 4.69) is 53.8 Å². The number of para-hydroxylation sites is 1. The third-order valence-electron chi connectivity index (χ3n) is 4.60. The van der Waals surface area contributed by atoms with Crippen LogP contribution < -0.4 is 10.1 Å². The van der Waals surface area contributed by atoms with Crippen LogP contribution >= 0.6 is 0 Å². The maximum Gasteiger partial charge on any atom is 0.130 e. The zero-order valence-corrected chi connectivity index (χ0v) is 11.5. The Kier molecular flexibility index (Phi) is 2.96. The highest BCUT2D eigenvalue weighted by atomic mass is 16.5. The third-order valence-corrected chi connectivity index (χ3v) is 4.60. The van der Waals surface area contributed by atoms with Crippen LogP contribution in [0.25, 0.3) is 11.1 Å². The highest BCUT2D eigenvalue weighted by Gasteiger charge is 2.33. The summed E-state index contributed by atoms with van der Waals surface area (Å²) in [6, 6.07) is 17.2. The summed E-state index contributed by atoms with van der Waals surface area (Å²) in [5.41, 5.74) is 3.86. The quantitative estimate of drug-likeness (QED) is 0.853. The molecule has 2 heterocycles. The van der Waals surface area contributed by atoms with Crippen LogP contribution in [-0.4, -0.2) is 19.7 Å². The lowest BCUT2D eigenvalue weighted by Gasteiger charge is -2.18. The highest BCUT2D eigenvalue weighted by molar-refractivity contribution is 5.72. The van der Waals surface area contributed by atoms with E-state index in [1.807, 2.05) is 0 Å². The minimum absolute atomic E-state index is 0.608. The normalized spacial score (nSPS) is 24.4. The smallest absolute Gasteiger partial charge is 0.130 e. The Hall–Kier alpha value is -1.80. The van der Waals surface area contributed by atoms with Crippen molar-refractivity contribution in [1.29, 1.82) is 0 Å². The molecule has 0 aromatic heterocycles. The first kappa shape index (κ1) is 12.0. The molecule has 4 rings (SSSR count). The van der Waals surface area contributed by atoms with Crippen molar-refractivity contribution in [3.63, 3.8) is 0 Å². The maximum absolute atomic E-state index is 6.14. The fraction of sp³-hybridized carbons (Fsp3) is 0.333. The summed E-state index contributed by atoms with van der Waals surface area (Å²) in [6.45, 7) is 3.04. The molecule has 102 valence electrons. The van der Waals surface area contributed by atoms with Crippen LogP contribution in [-0.2, 0) is 0 Å². The molecule has 0 saturated carbocycles. The molecule has 2 aliphatic heterocycles. The number of ether oxygens (including phenoxy) is 1. The standard InChI is InChI=1S/C18H19NO/c1-2-5-13(6-3-1)15-7-4-8-16-17-12-19-11-14(17)9-10-20-18(15)16/h1-8,14,17,19H,9-12H2/t14-,17-/m1/s1. The van der Waals surface area contributed by atoms with E-state index in [0.717, 1.165) is 37.8 Å². The van der Waals surface area contributed by atoms with E-state index >= 15 is 0 Å². The van der Waals surface area contributed by atoms with E-state index in [0.29, 0.717) is 5.92 Å². The third kappa shape index (κ3) is 1.92. The van der Waals surface area contributed by atoms with Gasteiger partial charge in [-0.3, -0.25) is 0 Å². The van der Waals surface area contributed by atoms with Gasteiger partial charge in [-0.25, -0.2) is 0 Å². The summed E-state index contributed by atoms with van der Waals surface area (Å²) < 4.78 is 6.14. The highest BCUT2D eigenvalue weighted by Crippen LogP contribution is 2.43. The van der Waals surface area contributed by atoms with Crippen molar-refractivity contribution in [1.82, 2.24) is 5.32 Å². The summed E-state index contributed by atoms with van der Waals surface area (Å²) in [6.07, 6.45) is 1.15. The minimum atomic E-state index is 0.608. The predicted molar refractivity (Wildman–Crippen MR) is 81.1 cm³/mol. The molecule has 0 spiro atoms. The molecule has 1 fully saturated rings. The largest absolute Gasteiger partial charge is 0.493 e. The fourth-order valence-electron chi connectivity index (χ4n) is 3.57. The number of hydrogen-bond acceptors (Lipinski definition) is 2. The van der Waals surface area contributed by atoms with Crippen LogP contribution in [0.5, 0.6) is 5.75 Å². The van der Waals surface area contributed by atoms with E-state index in [4.69, 9.17) is 4.74 Å². The molecule has 2 aliphatic rings. The lowest BCUT2D eigenvalue weighted by atomic mass is 9.86. The molecule has 0 aliphatic carbocycles. The van der Waals surface area contributed by atoms with Gasteiger partial charge in [-0.2, -0.15) is 0 Å². The molecule has 2 aromatic carbocycles. The van der Waals surface area contributed by atoms with E-state index < -0.39 is 0 Å². The number of rotatable bonds is 1. The Morgan fingerprint density at radius 1 is 0.950 bits per heavy atom. The van der Waals surface area contributed by atoms with E-state index in [1.54, 1.807) is 0 Å². The zero-order valence-electron chi connectivity index (χ0n) is 11.5. The second-order valence-electron chi connectivity index (χ2n) is 5.75. The molecule has 0 bridgehead atoms. The van der Waals surface area contributed by atoms with Crippen LogP contribution in [0.2, 0.25) is 0 Å². The first-order valence-electron chi connectivity index (χ1n) is 7.45. The van der Waals surface area contributed by atoms with Crippen molar-refractivity contribution in [2.45, 2.75) is 12.3 Å². The maximum atomic E-state index is 6.14. The Morgan fingerprint density at radius 2 is 1.85 bits per heavy atom. The molecular weight excluding hydrogens is 246 g/mol. The molecule has 0 unspecified atom stereocenters. The van der Waals surface area contributed by atoms with Crippen molar-refractivity contribution in [2.75, 3.05) is 19.7 Å². The Morgan fingerprint density at radius 3 is 2.75 bits per heavy atom. The van der Waals surface area contributed by atoms with E-state index in [9.17, 15) is 0 Å². The van der Waals surface area contributed by atoms with Gasteiger partial charge >= 0.3 is 0 Å². The molecule has 0 amide bonds. The Balaban J connectivity index is 1.85. The van der Waals surface area contributed by atoms with Gasteiger partial charge in [0, 0.05) is 18.0 Å². The van der Waals surface area contributed by atoms with Gasteiger partial charge in [-0.15, -0.1) is 0 Å². The van der Waals surface area contributed by atoms with Gasteiger partial charge < -0.3 is 10.1 Å². The summed E-state index contributed by atoms with van der Waals surface area (Å²) in [5, 5.41) is 3.54. The van der Waals surface area contributed by atoms with Crippen molar-refractivity contribution in [3.05, 3.63) is 54.1 Å². The van der Waals surface area contributed by atoms with Crippen LogP contribution in [0.15, 0.2) is 48.5 Å². The van der Waals surface area contributed by atoms with Crippen molar-refractivity contribution < 1.29 is 4.74 Å². The molecule has 1 saturated heterocycles. The molecule has 1 N–H and O–H groups in total. The second kappa shape index (κ2) is 4.95. The van der Waals surface area contributed by atoms with Crippen molar-refractivity contribution in [2.24, 2.45) is 5.92 Å². The van der Waals surface area contributed by atoms with Gasteiger partial charge in [-0.1, -0.05) is 48.5 Å². The van der Waals surface area contributed by atoms with Crippen LogP contribution in [0.1, 0.15) is 17.9 Å². The van der Waals surface area contributed by atoms with Gasteiger partial charge in [-0.05, 0) is 30.0 Å². The van der Waals surface area contributed by atoms with E-state index in [1.165, 1.54) is 16.7 Å². The van der Waals surface area contributed by atoms with Crippen molar-refractivity contribution in [3.8, 4) is 16.9 Å². The SMILES string of the molecule is c1ccc(-c2cccc3c2OCC[C@@H]2CNC[C@@H]32)cc1. The molecular formula is C18H19NO. The minimum Gasteiger partial charge on any atom is -0.493 e. The van der Waals surface area contributed by atoms with Crippen LogP contribution in [0, 0.1) is 5.92 Å². The monoisotopic (exact) mass is 265 g/mol. The number of nitrogens with one attached hydrogen (secondary N) is 1. The van der Waals surface area contributed by atoms with E-state index in [-0.39, 0.29) is 0 Å². The predicted octanol–water partition coefficient (Wildman–Crippen LogP) is 3.44. The molecule has 2 aromatic rings. The summed E-state index contributed by atoms with van der Waals surface area (Å²) in [5.74, 6) is 2.44. The van der Waals surface area contributed by atoms with Crippen molar-refractivity contribution >= 4 is 0 Å². The molecule has 20 heavy (non-hydrogen) atoms. The van der Waals surface area contributed by atoms with Gasteiger partial charge in [0.15, 0.2) is 0 Å². The number of benzene rings is 2. The van der Waals surface area contributed by atoms with Crippen LogP contribution in [0.4, 0.5) is 0 Å².